The van der Waals surface area contributed by atoms with E-state index in [4.69, 9.17) is 5.11 Å². The number of carboxylic acid groups (broad SMARTS) is 1. The first kappa shape index (κ1) is 16.0. The molecule has 2 amide bonds. The Kier molecular flexibility index (Phi) is 5.41. The van der Waals surface area contributed by atoms with E-state index in [-0.39, 0.29) is 12.0 Å². The highest BCUT2D eigenvalue weighted by atomic mass is 16.4. The van der Waals surface area contributed by atoms with Crippen LogP contribution in [0.15, 0.2) is 0 Å². The van der Waals surface area contributed by atoms with E-state index in [0.717, 1.165) is 38.9 Å². The van der Waals surface area contributed by atoms with E-state index in [9.17, 15) is 14.7 Å². The molecule has 0 radical (unpaired) electrons. The molecule has 7 heteroatoms. The molecule has 2 aliphatic rings. The fraction of sp³-hybridized carbons (Fsp3) is 0.857. The third-order valence-electron chi connectivity index (χ3n) is 4.38. The third kappa shape index (κ3) is 4.07. The number of aliphatic hydroxyl groups excluding tert-OH is 1. The van der Waals surface area contributed by atoms with Crippen molar-refractivity contribution in [1.29, 1.82) is 0 Å². The minimum atomic E-state index is -1.03. The van der Waals surface area contributed by atoms with Gasteiger partial charge in [0.15, 0.2) is 0 Å². The Morgan fingerprint density at radius 3 is 2.71 bits per heavy atom. The fourth-order valence-electron chi connectivity index (χ4n) is 3.13. The number of hydrogen-bond donors (Lipinski definition) is 2. The highest BCUT2D eigenvalue weighted by Crippen LogP contribution is 2.13. The number of amides is 2. The molecule has 0 spiro atoms. The predicted molar refractivity (Wildman–Crippen MR) is 77.1 cm³/mol. The second kappa shape index (κ2) is 7.09. The normalized spacial score (nSPS) is 28.0. The van der Waals surface area contributed by atoms with Crippen molar-refractivity contribution in [2.45, 2.75) is 38.3 Å². The maximum atomic E-state index is 12.1. The van der Waals surface area contributed by atoms with E-state index in [1.807, 2.05) is 0 Å². The molecular weight excluding hydrogens is 274 g/mol. The SMILES string of the molecule is C[C@H]1C(=O)N(CCCN2CCC[C@@H](O)C2)CCN1C(=O)O. The molecule has 2 N–H and O–H groups in total. The summed E-state index contributed by atoms with van der Waals surface area (Å²) in [6.45, 7) is 5.75. The van der Waals surface area contributed by atoms with Crippen molar-refractivity contribution in [2.24, 2.45) is 0 Å². The van der Waals surface area contributed by atoms with Crippen molar-refractivity contribution < 1.29 is 19.8 Å². The first-order valence-electron chi connectivity index (χ1n) is 7.68. The zero-order valence-corrected chi connectivity index (χ0v) is 12.6. The standard InChI is InChI=1S/C14H25N3O4/c1-11-13(19)16(8-9-17(11)14(20)21)7-3-6-15-5-2-4-12(18)10-15/h11-12,18H,2-10H2,1H3,(H,20,21)/t11-,12+/m0/s1. The number of aliphatic hydroxyl groups is 1. The molecule has 0 saturated carbocycles. The Bertz CT molecular complexity index is 390. The molecular formula is C14H25N3O4. The lowest BCUT2D eigenvalue weighted by Gasteiger charge is -2.38. The Morgan fingerprint density at radius 2 is 2.05 bits per heavy atom. The molecule has 0 unspecified atom stereocenters. The highest BCUT2D eigenvalue weighted by Gasteiger charge is 2.33. The van der Waals surface area contributed by atoms with Crippen molar-refractivity contribution in [3.8, 4) is 0 Å². The first-order valence-corrected chi connectivity index (χ1v) is 7.68. The number of carbonyl (C=O) groups excluding carboxylic acids is 1. The van der Waals surface area contributed by atoms with Gasteiger partial charge in [-0.3, -0.25) is 9.69 Å². The Morgan fingerprint density at radius 1 is 1.29 bits per heavy atom. The van der Waals surface area contributed by atoms with Crippen LogP contribution in [0.1, 0.15) is 26.2 Å². The van der Waals surface area contributed by atoms with Gasteiger partial charge in [0.25, 0.3) is 0 Å². The molecule has 2 aliphatic heterocycles. The number of piperazine rings is 1. The molecule has 0 aromatic rings. The maximum absolute atomic E-state index is 12.1. The summed E-state index contributed by atoms with van der Waals surface area (Å²) in [7, 11) is 0. The van der Waals surface area contributed by atoms with E-state index in [2.05, 4.69) is 4.90 Å². The van der Waals surface area contributed by atoms with E-state index < -0.39 is 12.1 Å². The van der Waals surface area contributed by atoms with Gasteiger partial charge in [-0.05, 0) is 39.3 Å². The number of hydrogen-bond acceptors (Lipinski definition) is 4. The van der Waals surface area contributed by atoms with Crippen LogP contribution in [0.5, 0.6) is 0 Å². The third-order valence-corrected chi connectivity index (χ3v) is 4.38. The van der Waals surface area contributed by atoms with Gasteiger partial charge in [0.2, 0.25) is 5.91 Å². The Labute approximate surface area is 125 Å². The quantitative estimate of drug-likeness (QED) is 0.766. The molecule has 120 valence electrons. The average Bonchev–Trinajstić information content (AvgIpc) is 2.43. The number of piperidine rings is 1. The van der Waals surface area contributed by atoms with Gasteiger partial charge in [0.05, 0.1) is 6.10 Å². The van der Waals surface area contributed by atoms with E-state index >= 15 is 0 Å². The number of nitrogens with zero attached hydrogens (tertiary/aromatic N) is 3. The summed E-state index contributed by atoms with van der Waals surface area (Å²) < 4.78 is 0. The summed E-state index contributed by atoms with van der Waals surface area (Å²) in [6, 6.07) is -0.590. The van der Waals surface area contributed by atoms with Crippen molar-refractivity contribution in [2.75, 3.05) is 39.3 Å². The molecule has 2 heterocycles. The molecule has 2 rings (SSSR count). The summed E-state index contributed by atoms with van der Waals surface area (Å²) in [5.74, 6) is -0.109. The van der Waals surface area contributed by atoms with Crippen LogP contribution in [0.3, 0.4) is 0 Å². The molecule has 0 aliphatic carbocycles. The maximum Gasteiger partial charge on any atom is 0.408 e. The summed E-state index contributed by atoms with van der Waals surface area (Å²) in [4.78, 5) is 28.3. The molecule has 2 saturated heterocycles. The van der Waals surface area contributed by atoms with E-state index in [1.165, 1.54) is 4.90 Å². The van der Waals surface area contributed by atoms with Gasteiger partial charge >= 0.3 is 6.09 Å². The highest BCUT2D eigenvalue weighted by molar-refractivity contribution is 5.86. The van der Waals surface area contributed by atoms with Crippen molar-refractivity contribution in [3.05, 3.63) is 0 Å². The smallest absolute Gasteiger partial charge is 0.408 e. The lowest BCUT2D eigenvalue weighted by Crippen LogP contribution is -2.57. The second-order valence-electron chi connectivity index (χ2n) is 5.93. The first-order chi connectivity index (χ1) is 9.99. The van der Waals surface area contributed by atoms with Gasteiger partial charge in [-0.15, -0.1) is 0 Å². The van der Waals surface area contributed by atoms with Crippen LogP contribution >= 0.6 is 0 Å². The summed E-state index contributed by atoms with van der Waals surface area (Å²) >= 11 is 0. The van der Waals surface area contributed by atoms with Gasteiger partial charge in [0.1, 0.15) is 6.04 Å². The number of likely N-dealkylation sites (tertiary alicyclic amines) is 1. The molecule has 0 bridgehead atoms. The lowest BCUT2D eigenvalue weighted by molar-refractivity contribution is -0.139. The van der Waals surface area contributed by atoms with Gasteiger partial charge in [-0.25, -0.2) is 4.79 Å². The molecule has 0 aromatic carbocycles. The Balaban J connectivity index is 1.74. The van der Waals surface area contributed by atoms with Crippen LogP contribution in [0.2, 0.25) is 0 Å². The monoisotopic (exact) mass is 299 g/mol. The molecule has 2 fully saturated rings. The molecule has 2 atom stereocenters. The van der Waals surface area contributed by atoms with Crippen LogP contribution < -0.4 is 0 Å². The van der Waals surface area contributed by atoms with Crippen LogP contribution in [0, 0.1) is 0 Å². The summed E-state index contributed by atoms with van der Waals surface area (Å²) in [6.07, 6.45) is 1.51. The summed E-state index contributed by atoms with van der Waals surface area (Å²) in [5.41, 5.74) is 0. The van der Waals surface area contributed by atoms with Crippen LogP contribution in [-0.2, 0) is 4.79 Å². The fourth-order valence-corrected chi connectivity index (χ4v) is 3.13. The second-order valence-corrected chi connectivity index (χ2v) is 5.93. The van der Waals surface area contributed by atoms with Gasteiger partial charge in [0, 0.05) is 26.2 Å². The lowest BCUT2D eigenvalue weighted by atomic mass is 10.1. The molecule has 7 nitrogen and oxygen atoms in total. The number of β-amino-alcohol motifs (C(OH)–C–C–N with tert-alkyl or cyclic N) is 1. The zero-order chi connectivity index (χ0) is 15.4. The van der Waals surface area contributed by atoms with Crippen LogP contribution in [0.4, 0.5) is 4.79 Å². The number of rotatable bonds is 4. The van der Waals surface area contributed by atoms with E-state index in [1.54, 1.807) is 11.8 Å². The molecule has 0 aromatic heterocycles. The van der Waals surface area contributed by atoms with Gasteiger partial charge < -0.3 is 20.0 Å². The topological polar surface area (TPSA) is 84.3 Å². The zero-order valence-electron chi connectivity index (χ0n) is 12.6. The minimum Gasteiger partial charge on any atom is -0.465 e. The minimum absolute atomic E-state index is 0.109. The van der Waals surface area contributed by atoms with Crippen molar-refractivity contribution in [3.63, 3.8) is 0 Å². The van der Waals surface area contributed by atoms with Crippen molar-refractivity contribution in [1.82, 2.24) is 14.7 Å². The van der Waals surface area contributed by atoms with Gasteiger partial charge in [-0.1, -0.05) is 0 Å². The predicted octanol–water partition coefficient (Wildman–Crippen LogP) is 0.0439. The van der Waals surface area contributed by atoms with Gasteiger partial charge in [-0.2, -0.15) is 0 Å². The molecule has 21 heavy (non-hydrogen) atoms. The number of carbonyl (C=O) groups is 2. The summed E-state index contributed by atoms with van der Waals surface area (Å²) in [5, 5.41) is 18.6. The van der Waals surface area contributed by atoms with E-state index in [0.29, 0.717) is 19.6 Å². The largest absolute Gasteiger partial charge is 0.465 e. The van der Waals surface area contributed by atoms with Crippen molar-refractivity contribution >= 4 is 12.0 Å². The Hall–Kier alpha value is -1.34. The van der Waals surface area contributed by atoms with Crippen LogP contribution in [0.25, 0.3) is 0 Å². The van der Waals surface area contributed by atoms with Crippen LogP contribution in [-0.4, -0.2) is 88.3 Å². The average molecular weight is 299 g/mol.